The van der Waals surface area contributed by atoms with Crippen LogP contribution in [0.4, 0.5) is 4.39 Å². The molecule has 0 spiro atoms. The Kier molecular flexibility index (Phi) is 5.64. The second-order valence-corrected chi connectivity index (χ2v) is 6.58. The summed E-state index contributed by atoms with van der Waals surface area (Å²) in [4.78, 5) is 2.94. The SMILES string of the molecule is COc1ccc(F)cc1C[NH+]1CC[NH+](Cc2ccccc2C#N)CC1. The summed E-state index contributed by atoms with van der Waals surface area (Å²) < 4.78 is 18.9. The lowest BCUT2D eigenvalue weighted by molar-refractivity contribution is -1.02. The molecule has 25 heavy (non-hydrogen) atoms. The molecule has 130 valence electrons. The fraction of sp³-hybridized carbons (Fsp3) is 0.350. The number of halogens is 1. The van der Waals surface area contributed by atoms with E-state index in [1.165, 1.54) is 15.9 Å². The van der Waals surface area contributed by atoms with E-state index in [1.54, 1.807) is 19.2 Å². The largest absolute Gasteiger partial charge is 0.496 e. The summed E-state index contributed by atoms with van der Waals surface area (Å²) in [5.41, 5.74) is 2.82. The van der Waals surface area contributed by atoms with E-state index in [4.69, 9.17) is 4.74 Å². The Labute approximate surface area is 148 Å². The van der Waals surface area contributed by atoms with Gasteiger partial charge >= 0.3 is 0 Å². The predicted molar refractivity (Wildman–Crippen MR) is 92.9 cm³/mol. The van der Waals surface area contributed by atoms with Gasteiger partial charge in [-0.3, -0.25) is 0 Å². The zero-order valence-electron chi connectivity index (χ0n) is 14.5. The van der Waals surface area contributed by atoms with Crippen LogP contribution in [-0.2, 0) is 13.1 Å². The van der Waals surface area contributed by atoms with E-state index in [1.807, 2.05) is 24.3 Å². The third-order valence-corrected chi connectivity index (χ3v) is 4.93. The van der Waals surface area contributed by atoms with Crippen LogP contribution < -0.4 is 14.5 Å². The zero-order valence-corrected chi connectivity index (χ0v) is 14.5. The minimum atomic E-state index is -0.215. The third-order valence-electron chi connectivity index (χ3n) is 4.93. The van der Waals surface area contributed by atoms with E-state index in [-0.39, 0.29) is 5.82 Å². The number of nitriles is 1. The van der Waals surface area contributed by atoms with Crippen molar-refractivity contribution in [3.63, 3.8) is 0 Å². The smallest absolute Gasteiger partial charge is 0.127 e. The van der Waals surface area contributed by atoms with Crippen LogP contribution in [0.15, 0.2) is 42.5 Å². The molecule has 1 fully saturated rings. The van der Waals surface area contributed by atoms with Crippen molar-refractivity contribution in [2.45, 2.75) is 13.1 Å². The van der Waals surface area contributed by atoms with E-state index >= 15 is 0 Å². The Morgan fingerprint density at radius 1 is 1.00 bits per heavy atom. The average Bonchev–Trinajstić information content (AvgIpc) is 2.64. The van der Waals surface area contributed by atoms with Crippen LogP contribution in [0.3, 0.4) is 0 Å². The molecule has 0 saturated carbocycles. The second-order valence-electron chi connectivity index (χ2n) is 6.58. The van der Waals surface area contributed by atoms with E-state index in [2.05, 4.69) is 6.07 Å². The van der Waals surface area contributed by atoms with Crippen LogP contribution in [0.25, 0.3) is 0 Å². The summed E-state index contributed by atoms with van der Waals surface area (Å²) >= 11 is 0. The Morgan fingerprint density at radius 3 is 2.28 bits per heavy atom. The summed E-state index contributed by atoms with van der Waals surface area (Å²) in [7, 11) is 1.63. The highest BCUT2D eigenvalue weighted by Crippen LogP contribution is 2.18. The molecule has 0 aliphatic carbocycles. The van der Waals surface area contributed by atoms with Crippen LogP contribution in [0, 0.1) is 17.1 Å². The van der Waals surface area contributed by atoms with Crippen LogP contribution in [0.2, 0.25) is 0 Å². The minimum Gasteiger partial charge on any atom is -0.496 e. The Balaban J connectivity index is 1.57. The number of nitrogens with one attached hydrogen (secondary N) is 2. The topological polar surface area (TPSA) is 41.9 Å². The Hall–Kier alpha value is -2.42. The molecule has 3 rings (SSSR count). The number of benzene rings is 2. The first-order valence-electron chi connectivity index (χ1n) is 8.67. The van der Waals surface area contributed by atoms with Crippen molar-refractivity contribution in [2.24, 2.45) is 0 Å². The number of methoxy groups -OCH3 is 1. The Bertz CT molecular complexity index is 764. The molecule has 0 unspecified atom stereocenters. The maximum absolute atomic E-state index is 13.5. The number of piperazine rings is 1. The summed E-state index contributed by atoms with van der Waals surface area (Å²) in [6, 6.07) is 14.8. The maximum atomic E-state index is 13.5. The van der Waals surface area contributed by atoms with Gasteiger partial charge in [-0.05, 0) is 24.3 Å². The van der Waals surface area contributed by atoms with Gasteiger partial charge < -0.3 is 14.5 Å². The Morgan fingerprint density at radius 2 is 1.64 bits per heavy atom. The van der Waals surface area contributed by atoms with Crippen molar-refractivity contribution < 1.29 is 18.9 Å². The highest BCUT2D eigenvalue weighted by atomic mass is 19.1. The molecule has 5 heteroatoms. The molecule has 0 atom stereocenters. The van der Waals surface area contributed by atoms with Crippen molar-refractivity contribution in [3.8, 4) is 11.8 Å². The maximum Gasteiger partial charge on any atom is 0.127 e. The van der Waals surface area contributed by atoms with Crippen LogP contribution in [-0.4, -0.2) is 33.3 Å². The zero-order chi connectivity index (χ0) is 17.6. The number of quaternary nitrogens is 2. The fourth-order valence-electron chi connectivity index (χ4n) is 3.52. The lowest BCUT2D eigenvalue weighted by Gasteiger charge is -2.30. The van der Waals surface area contributed by atoms with E-state index in [9.17, 15) is 9.65 Å². The van der Waals surface area contributed by atoms with Gasteiger partial charge in [0.1, 0.15) is 50.8 Å². The number of ether oxygens (including phenoxy) is 1. The summed E-state index contributed by atoms with van der Waals surface area (Å²) in [6.07, 6.45) is 0. The minimum absolute atomic E-state index is 0.215. The molecule has 1 saturated heterocycles. The molecule has 1 aliphatic rings. The standard InChI is InChI=1S/C20H22FN3O/c1-25-20-7-6-19(21)12-18(20)15-24-10-8-23(9-11-24)14-17-5-3-2-4-16(17)13-22/h2-7,12H,8-11,14-15H2,1H3/p+2. The van der Waals surface area contributed by atoms with Gasteiger partial charge in [-0.25, -0.2) is 4.39 Å². The van der Waals surface area contributed by atoms with Crippen molar-refractivity contribution in [1.29, 1.82) is 5.26 Å². The molecule has 2 aromatic rings. The third kappa shape index (κ3) is 4.36. The molecular weight excluding hydrogens is 317 g/mol. The van der Waals surface area contributed by atoms with Gasteiger partial charge in [0.2, 0.25) is 0 Å². The van der Waals surface area contributed by atoms with Gasteiger partial charge in [-0.2, -0.15) is 5.26 Å². The van der Waals surface area contributed by atoms with E-state index in [0.29, 0.717) is 0 Å². The van der Waals surface area contributed by atoms with Gasteiger partial charge in [0.05, 0.1) is 24.3 Å². The predicted octanol–water partition coefficient (Wildman–Crippen LogP) is 0.190. The average molecular weight is 341 g/mol. The summed E-state index contributed by atoms with van der Waals surface area (Å²) in [5.74, 6) is 0.541. The molecule has 2 aromatic carbocycles. The lowest BCUT2D eigenvalue weighted by atomic mass is 10.1. The van der Waals surface area contributed by atoms with Crippen LogP contribution in [0.1, 0.15) is 16.7 Å². The van der Waals surface area contributed by atoms with Crippen molar-refractivity contribution in [1.82, 2.24) is 0 Å². The number of nitrogens with zero attached hydrogens (tertiary/aromatic N) is 1. The van der Waals surface area contributed by atoms with Crippen LogP contribution in [0.5, 0.6) is 5.75 Å². The van der Waals surface area contributed by atoms with Crippen molar-refractivity contribution in [2.75, 3.05) is 33.3 Å². The lowest BCUT2D eigenvalue weighted by Crippen LogP contribution is -3.27. The molecule has 1 aliphatic heterocycles. The first-order chi connectivity index (χ1) is 12.2. The molecule has 0 aromatic heterocycles. The molecule has 2 N–H and O–H groups in total. The van der Waals surface area contributed by atoms with Gasteiger partial charge in [-0.15, -0.1) is 0 Å². The highest BCUT2D eigenvalue weighted by Gasteiger charge is 2.24. The normalized spacial score (nSPS) is 20.0. The van der Waals surface area contributed by atoms with Crippen molar-refractivity contribution in [3.05, 3.63) is 65.0 Å². The molecule has 0 amide bonds. The van der Waals surface area contributed by atoms with Crippen molar-refractivity contribution >= 4 is 0 Å². The molecule has 4 nitrogen and oxygen atoms in total. The molecule has 0 radical (unpaired) electrons. The highest BCUT2D eigenvalue weighted by molar-refractivity contribution is 5.36. The van der Waals surface area contributed by atoms with E-state index < -0.39 is 0 Å². The van der Waals surface area contributed by atoms with E-state index in [0.717, 1.165) is 61.7 Å². The van der Waals surface area contributed by atoms with Gasteiger partial charge in [0.15, 0.2) is 0 Å². The quantitative estimate of drug-likeness (QED) is 0.815. The van der Waals surface area contributed by atoms with Crippen LogP contribution >= 0.6 is 0 Å². The second kappa shape index (κ2) is 8.11. The molecular formula is C20H24FN3O+2. The van der Waals surface area contributed by atoms with Gasteiger partial charge in [-0.1, -0.05) is 18.2 Å². The number of hydrogen-bond acceptors (Lipinski definition) is 2. The first kappa shape index (κ1) is 17.4. The fourth-order valence-corrected chi connectivity index (χ4v) is 3.52. The number of hydrogen-bond donors (Lipinski definition) is 2. The molecule has 0 bridgehead atoms. The van der Waals surface area contributed by atoms with Gasteiger partial charge in [0, 0.05) is 5.56 Å². The summed E-state index contributed by atoms with van der Waals surface area (Å²) in [5, 5.41) is 9.22. The van der Waals surface area contributed by atoms with Gasteiger partial charge in [0.25, 0.3) is 0 Å². The number of rotatable bonds is 5. The summed E-state index contributed by atoms with van der Waals surface area (Å²) in [6.45, 7) is 5.83. The first-order valence-corrected chi connectivity index (χ1v) is 8.67. The monoisotopic (exact) mass is 341 g/mol. The molecule has 1 heterocycles.